The molecule has 0 aliphatic rings. The first-order valence-electron chi connectivity index (χ1n) is 6.14. The Morgan fingerprint density at radius 1 is 1.40 bits per heavy atom. The number of benzene rings is 1. The fraction of sp³-hybridized carbons (Fsp3) is 0.308. The summed E-state index contributed by atoms with van der Waals surface area (Å²) in [5, 5.41) is 16.6. The number of aryl methyl sites for hydroxylation is 1. The Morgan fingerprint density at radius 2 is 2.20 bits per heavy atom. The number of halogens is 2. The standard InChI is InChI=1S/C13H13BrFN3O2/c14-11-7-9(15)5-6-12(11)18-8-10(16-17-18)3-1-2-4-13(19)20/h5-8H,1-4H2,(H,19,20). The Morgan fingerprint density at radius 3 is 2.90 bits per heavy atom. The van der Waals surface area contributed by atoms with Gasteiger partial charge in [0.05, 0.1) is 17.6 Å². The van der Waals surface area contributed by atoms with Crippen LogP contribution >= 0.6 is 15.9 Å². The number of carboxylic acids is 1. The van der Waals surface area contributed by atoms with E-state index in [1.807, 2.05) is 0 Å². The van der Waals surface area contributed by atoms with E-state index in [-0.39, 0.29) is 12.2 Å². The molecule has 0 saturated carbocycles. The summed E-state index contributed by atoms with van der Waals surface area (Å²) in [5.41, 5.74) is 1.49. The minimum absolute atomic E-state index is 0.164. The smallest absolute Gasteiger partial charge is 0.303 e. The maximum atomic E-state index is 13.0. The van der Waals surface area contributed by atoms with Crippen LogP contribution in [0.1, 0.15) is 25.0 Å². The summed E-state index contributed by atoms with van der Waals surface area (Å²) < 4.78 is 15.2. The zero-order chi connectivity index (χ0) is 14.5. The van der Waals surface area contributed by atoms with Crippen LogP contribution in [-0.4, -0.2) is 26.1 Å². The van der Waals surface area contributed by atoms with E-state index in [2.05, 4.69) is 26.2 Å². The molecule has 7 heteroatoms. The Labute approximate surface area is 123 Å². The maximum Gasteiger partial charge on any atom is 0.303 e. The average Bonchev–Trinajstić information content (AvgIpc) is 2.83. The van der Waals surface area contributed by atoms with Crippen molar-refractivity contribution in [3.8, 4) is 5.69 Å². The number of hydrogen-bond donors (Lipinski definition) is 1. The Bertz CT molecular complexity index is 615. The zero-order valence-electron chi connectivity index (χ0n) is 10.6. The van der Waals surface area contributed by atoms with Gasteiger partial charge in [-0.1, -0.05) is 5.21 Å². The van der Waals surface area contributed by atoms with Crippen molar-refractivity contribution < 1.29 is 14.3 Å². The largest absolute Gasteiger partial charge is 0.481 e. The molecule has 0 unspecified atom stereocenters. The Kier molecular flexibility index (Phi) is 4.84. The minimum atomic E-state index is -0.788. The number of aromatic nitrogens is 3. The first kappa shape index (κ1) is 14.6. The van der Waals surface area contributed by atoms with Crippen LogP contribution in [0, 0.1) is 5.82 Å². The van der Waals surface area contributed by atoms with Crippen molar-refractivity contribution in [3.05, 3.63) is 40.4 Å². The second-order valence-corrected chi connectivity index (χ2v) is 5.21. The first-order chi connectivity index (χ1) is 9.56. The second kappa shape index (κ2) is 6.60. The summed E-state index contributed by atoms with van der Waals surface area (Å²) in [6.45, 7) is 0. The van der Waals surface area contributed by atoms with Crippen molar-refractivity contribution in [2.24, 2.45) is 0 Å². The van der Waals surface area contributed by atoms with Crippen molar-refractivity contribution in [1.29, 1.82) is 0 Å². The lowest BCUT2D eigenvalue weighted by molar-refractivity contribution is -0.137. The van der Waals surface area contributed by atoms with Gasteiger partial charge in [-0.05, 0) is 53.4 Å². The number of hydrogen-bond acceptors (Lipinski definition) is 3. The highest BCUT2D eigenvalue weighted by Crippen LogP contribution is 2.21. The molecule has 0 saturated heterocycles. The van der Waals surface area contributed by atoms with Crippen molar-refractivity contribution in [2.75, 3.05) is 0 Å². The van der Waals surface area contributed by atoms with Crippen LogP contribution in [0.15, 0.2) is 28.9 Å². The van der Waals surface area contributed by atoms with Gasteiger partial charge in [0.25, 0.3) is 0 Å². The van der Waals surface area contributed by atoms with E-state index >= 15 is 0 Å². The van der Waals surface area contributed by atoms with Crippen LogP contribution in [0.3, 0.4) is 0 Å². The molecule has 0 aliphatic carbocycles. The molecule has 1 heterocycles. The molecule has 20 heavy (non-hydrogen) atoms. The third-order valence-electron chi connectivity index (χ3n) is 2.77. The topological polar surface area (TPSA) is 68.0 Å². The molecule has 0 bridgehead atoms. The summed E-state index contributed by atoms with van der Waals surface area (Å²) in [6, 6.07) is 4.33. The normalized spacial score (nSPS) is 10.7. The number of unbranched alkanes of at least 4 members (excludes halogenated alkanes) is 1. The molecule has 5 nitrogen and oxygen atoms in total. The van der Waals surface area contributed by atoms with E-state index in [4.69, 9.17) is 5.11 Å². The minimum Gasteiger partial charge on any atom is -0.481 e. The van der Waals surface area contributed by atoms with Gasteiger partial charge in [0.1, 0.15) is 5.82 Å². The Hall–Kier alpha value is -1.76. The summed E-state index contributed by atoms with van der Waals surface area (Å²) in [6.07, 6.45) is 3.96. The van der Waals surface area contributed by atoms with Gasteiger partial charge in [0.15, 0.2) is 0 Å². The third-order valence-corrected chi connectivity index (χ3v) is 3.41. The molecular weight excluding hydrogens is 329 g/mol. The molecule has 1 N–H and O–H groups in total. The van der Waals surface area contributed by atoms with E-state index in [0.29, 0.717) is 23.0 Å². The summed E-state index contributed by atoms with van der Waals surface area (Å²) in [5.74, 6) is -1.11. The first-order valence-corrected chi connectivity index (χ1v) is 6.94. The van der Waals surface area contributed by atoms with Gasteiger partial charge in [0.2, 0.25) is 0 Å². The molecule has 0 fully saturated rings. The maximum absolute atomic E-state index is 13.0. The predicted octanol–water partition coefficient (Wildman–Crippen LogP) is 2.97. The summed E-state index contributed by atoms with van der Waals surface area (Å²) >= 11 is 3.28. The monoisotopic (exact) mass is 341 g/mol. The quantitative estimate of drug-likeness (QED) is 0.820. The van der Waals surface area contributed by atoms with Gasteiger partial charge >= 0.3 is 5.97 Å². The van der Waals surface area contributed by atoms with Crippen molar-refractivity contribution in [3.63, 3.8) is 0 Å². The van der Waals surface area contributed by atoms with Crippen LogP contribution < -0.4 is 0 Å². The molecule has 1 aromatic heterocycles. The molecule has 106 valence electrons. The van der Waals surface area contributed by atoms with Crippen LogP contribution in [0.25, 0.3) is 5.69 Å². The molecule has 2 rings (SSSR count). The molecular formula is C13H13BrFN3O2. The Balaban J connectivity index is 1.99. The lowest BCUT2D eigenvalue weighted by Crippen LogP contribution is -1.96. The van der Waals surface area contributed by atoms with Gasteiger partial charge < -0.3 is 5.11 Å². The van der Waals surface area contributed by atoms with E-state index in [9.17, 15) is 9.18 Å². The molecule has 1 aromatic carbocycles. The fourth-order valence-corrected chi connectivity index (χ4v) is 2.31. The van der Waals surface area contributed by atoms with Gasteiger partial charge in [-0.3, -0.25) is 4.79 Å². The van der Waals surface area contributed by atoms with Crippen LogP contribution in [0.2, 0.25) is 0 Å². The molecule has 0 radical (unpaired) electrons. The van der Waals surface area contributed by atoms with E-state index in [1.54, 1.807) is 16.9 Å². The van der Waals surface area contributed by atoms with Crippen molar-refractivity contribution in [1.82, 2.24) is 15.0 Å². The summed E-state index contributed by atoms with van der Waals surface area (Å²) in [7, 11) is 0. The highest BCUT2D eigenvalue weighted by molar-refractivity contribution is 9.10. The average molecular weight is 342 g/mol. The molecule has 2 aromatic rings. The molecule has 0 aliphatic heterocycles. The predicted molar refractivity (Wildman–Crippen MR) is 74.2 cm³/mol. The lowest BCUT2D eigenvalue weighted by Gasteiger charge is -2.02. The van der Waals surface area contributed by atoms with Crippen molar-refractivity contribution in [2.45, 2.75) is 25.7 Å². The van der Waals surface area contributed by atoms with Crippen LogP contribution in [0.4, 0.5) is 4.39 Å². The summed E-state index contributed by atoms with van der Waals surface area (Å²) in [4.78, 5) is 10.4. The van der Waals surface area contributed by atoms with Gasteiger partial charge in [-0.25, -0.2) is 9.07 Å². The van der Waals surface area contributed by atoms with Crippen LogP contribution in [-0.2, 0) is 11.2 Å². The molecule has 0 amide bonds. The highest BCUT2D eigenvalue weighted by Gasteiger charge is 2.07. The highest BCUT2D eigenvalue weighted by atomic mass is 79.9. The fourth-order valence-electron chi connectivity index (χ4n) is 1.78. The number of rotatable bonds is 6. The number of carbonyl (C=O) groups is 1. The SMILES string of the molecule is O=C(O)CCCCc1cn(-c2ccc(F)cc2Br)nn1. The number of nitrogens with zero attached hydrogens (tertiary/aromatic N) is 3. The van der Waals surface area contributed by atoms with Gasteiger partial charge in [0, 0.05) is 10.9 Å². The number of carboxylic acid groups (broad SMARTS) is 1. The van der Waals surface area contributed by atoms with E-state index in [0.717, 1.165) is 12.1 Å². The zero-order valence-corrected chi connectivity index (χ0v) is 12.2. The van der Waals surface area contributed by atoms with Gasteiger partial charge in [-0.2, -0.15) is 0 Å². The van der Waals surface area contributed by atoms with E-state index in [1.165, 1.54) is 12.1 Å². The second-order valence-electron chi connectivity index (χ2n) is 4.35. The molecule has 0 spiro atoms. The number of aliphatic carboxylic acids is 1. The lowest BCUT2D eigenvalue weighted by atomic mass is 10.1. The van der Waals surface area contributed by atoms with E-state index < -0.39 is 5.97 Å². The molecule has 0 atom stereocenters. The van der Waals surface area contributed by atoms with Crippen LogP contribution in [0.5, 0.6) is 0 Å². The van der Waals surface area contributed by atoms with Gasteiger partial charge in [-0.15, -0.1) is 5.10 Å². The van der Waals surface area contributed by atoms with Crippen molar-refractivity contribution >= 4 is 21.9 Å². The third kappa shape index (κ3) is 3.86.